The number of methoxy groups -OCH3 is 1. The van der Waals surface area contributed by atoms with Crippen LogP contribution in [-0.2, 0) is 9.59 Å². The van der Waals surface area contributed by atoms with Crippen LogP contribution in [0.15, 0.2) is 60.0 Å². The zero-order valence-electron chi connectivity index (χ0n) is 19.8. The fourth-order valence-electron chi connectivity index (χ4n) is 4.29. The van der Waals surface area contributed by atoms with E-state index in [1.54, 1.807) is 30.7 Å². The summed E-state index contributed by atoms with van der Waals surface area (Å²) in [5.74, 6) is -0.145. The Bertz CT molecular complexity index is 1210. The number of carbonyl (C=O) groups excluding carboxylic acids is 2. The summed E-state index contributed by atoms with van der Waals surface area (Å²) in [5, 5.41) is 2.10. The van der Waals surface area contributed by atoms with Crippen molar-refractivity contribution in [3.63, 3.8) is 0 Å². The Morgan fingerprint density at radius 3 is 2.63 bits per heavy atom. The third-order valence-corrected chi connectivity index (χ3v) is 6.89. The van der Waals surface area contributed by atoms with Gasteiger partial charge < -0.3 is 9.64 Å². The van der Waals surface area contributed by atoms with Gasteiger partial charge in [-0.2, -0.15) is 0 Å². The summed E-state index contributed by atoms with van der Waals surface area (Å²) in [5.41, 5.74) is 1.77. The van der Waals surface area contributed by atoms with Crippen LogP contribution < -0.4 is 9.64 Å². The summed E-state index contributed by atoms with van der Waals surface area (Å²) in [7, 11) is 1.64. The summed E-state index contributed by atoms with van der Waals surface area (Å²) >= 11 is 1.22. The van der Waals surface area contributed by atoms with Gasteiger partial charge in [0.1, 0.15) is 11.6 Å². The summed E-state index contributed by atoms with van der Waals surface area (Å²) in [6, 6.07) is 14.0. The Balaban J connectivity index is 1.53. The number of para-hydroxylation sites is 1. The van der Waals surface area contributed by atoms with E-state index in [1.807, 2.05) is 29.2 Å². The number of nitrogens with zero attached hydrogens (tertiary/aromatic N) is 3. The molecule has 1 aromatic heterocycles. The first-order chi connectivity index (χ1) is 17.0. The van der Waals surface area contributed by atoms with Crippen LogP contribution in [0.5, 0.6) is 5.75 Å². The van der Waals surface area contributed by atoms with Crippen LogP contribution in [-0.4, -0.2) is 35.4 Å². The molecule has 1 aliphatic rings. The molecule has 4 rings (SSSR count). The number of hydrogen-bond donors (Lipinski definition) is 0. The molecular weight excluding hydrogens is 465 g/mol. The van der Waals surface area contributed by atoms with Crippen LogP contribution in [0, 0.1) is 5.82 Å². The lowest BCUT2D eigenvalue weighted by Gasteiger charge is -2.29. The van der Waals surface area contributed by atoms with Gasteiger partial charge in [0.15, 0.2) is 5.13 Å². The second kappa shape index (κ2) is 11.3. The Morgan fingerprint density at radius 2 is 1.91 bits per heavy atom. The van der Waals surface area contributed by atoms with E-state index in [2.05, 4.69) is 4.98 Å². The molecule has 2 amide bonds. The van der Waals surface area contributed by atoms with Gasteiger partial charge in [0, 0.05) is 24.9 Å². The fourth-order valence-corrected chi connectivity index (χ4v) is 5.14. The zero-order valence-corrected chi connectivity index (χ0v) is 20.6. The molecule has 182 valence electrons. The van der Waals surface area contributed by atoms with E-state index >= 15 is 0 Å². The van der Waals surface area contributed by atoms with Crippen LogP contribution in [0.3, 0.4) is 0 Å². The van der Waals surface area contributed by atoms with E-state index in [-0.39, 0.29) is 23.5 Å². The van der Waals surface area contributed by atoms with Gasteiger partial charge >= 0.3 is 0 Å². The molecule has 0 radical (unpaired) electrons. The number of aromatic nitrogens is 1. The molecule has 0 aliphatic carbocycles. The Labute approximate surface area is 208 Å². The molecule has 6 nitrogen and oxygen atoms in total. The summed E-state index contributed by atoms with van der Waals surface area (Å²) in [6.45, 7) is 2.05. The predicted molar refractivity (Wildman–Crippen MR) is 136 cm³/mol. The number of halogens is 1. The minimum atomic E-state index is -0.504. The van der Waals surface area contributed by atoms with Gasteiger partial charge in [-0.1, -0.05) is 37.1 Å². The van der Waals surface area contributed by atoms with Gasteiger partial charge in [-0.25, -0.2) is 9.37 Å². The second-order valence-electron chi connectivity index (χ2n) is 8.36. The summed E-state index contributed by atoms with van der Waals surface area (Å²) in [4.78, 5) is 33.1. The molecule has 2 aromatic carbocycles. The molecule has 2 heterocycles. The molecule has 0 unspecified atom stereocenters. The number of likely N-dealkylation sites (tertiary alicyclic amines) is 1. The molecule has 1 saturated heterocycles. The first-order valence-corrected chi connectivity index (χ1v) is 12.5. The number of rotatable bonds is 6. The highest BCUT2D eigenvalue weighted by Crippen LogP contribution is 2.33. The molecule has 0 spiro atoms. The maximum absolute atomic E-state index is 14.3. The smallest absolute Gasteiger partial charge is 0.247 e. The lowest BCUT2D eigenvalue weighted by molar-refractivity contribution is -0.128. The van der Waals surface area contributed by atoms with Crippen LogP contribution in [0.1, 0.15) is 49.9 Å². The normalized spacial score (nSPS) is 16.2. The third-order valence-electron chi connectivity index (χ3n) is 6.04. The predicted octanol–water partition coefficient (Wildman–Crippen LogP) is 6.13. The standard InChI is InChI=1S/C27H28FN3O3S/c1-19(32)31(25-10-6-5-8-23(25)28)27-29-21(18-35-27)13-16-26(33)30-17-7-3-4-9-24(30)20-11-14-22(34-2)15-12-20/h5-6,8,10-16,18,24H,3-4,7,9,17H2,1-2H3/b16-13+/t24-/m1/s1. The highest BCUT2D eigenvalue weighted by molar-refractivity contribution is 7.14. The molecule has 0 saturated carbocycles. The van der Waals surface area contributed by atoms with Crippen molar-refractivity contribution in [3.05, 3.63) is 77.1 Å². The number of carbonyl (C=O) groups is 2. The molecule has 1 aliphatic heterocycles. The molecule has 0 N–H and O–H groups in total. The van der Waals surface area contributed by atoms with Gasteiger partial charge in [0.05, 0.1) is 24.5 Å². The maximum Gasteiger partial charge on any atom is 0.247 e. The number of anilines is 2. The highest BCUT2D eigenvalue weighted by Gasteiger charge is 2.26. The van der Waals surface area contributed by atoms with Gasteiger partial charge in [0.2, 0.25) is 11.8 Å². The van der Waals surface area contributed by atoms with E-state index in [0.717, 1.165) is 37.0 Å². The van der Waals surface area contributed by atoms with Crippen molar-refractivity contribution in [3.8, 4) is 5.75 Å². The van der Waals surface area contributed by atoms with Gasteiger partial charge in [-0.15, -0.1) is 11.3 Å². The van der Waals surface area contributed by atoms with E-state index in [0.29, 0.717) is 17.4 Å². The van der Waals surface area contributed by atoms with E-state index in [9.17, 15) is 14.0 Å². The molecular formula is C27H28FN3O3S. The van der Waals surface area contributed by atoms with Crippen LogP contribution in [0.2, 0.25) is 0 Å². The van der Waals surface area contributed by atoms with Crippen molar-refractivity contribution in [2.75, 3.05) is 18.6 Å². The number of ether oxygens (including phenoxy) is 1. The highest BCUT2D eigenvalue weighted by atomic mass is 32.1. The quantitative estimate of drug-likeness (QED) is 0.388. The average molecular weight is 494 g/mol. The number of amides is 2. The van der Waals surface area contributed by atoms with Crippen LogP contribution >= 0.6 is 11.3 Å². The third kappa shape index (κ3) is 5.77. The Morgan fingerprint density at radius 1 is 1.14 bits per heavy atom. The van der Waals surface area contributed by atoms with Crippen molar-refractivity contribution in [1.82, 2.24) is 9.88 Å². The van der Waals surface area contributed by atoms with Gasteiger partial charge in [-0.05, 0) is 48.7 Å². The topological polar surface area (TPSA) is 62.7 Å². The van der Waals surface area contributed by atoms with Crippen LogP contribution in [0.4, 0.5) is 15.2 Å². The number of benzene rings is 2. The fraction of sp³-hybridized carbons (Fsp3) is 0.296. The maximum atomic E-state index is 14.3. The van der Waals surface area contributed by atoms with E-state index < -0.39 is 5.82 Å². The minimum absolute atomic E-state index is 0.000751. The molecule has 1 fully saturated rings. The minimum Gasteiger partial charge on any atom is -0.497 e. The van der Waals surface area contributed by atoms with Crippen molar-refractivity contribution in [1.29, 1.82) is 0 Å². The lowest BCUT2D eigenvalue weighted by Crippen LogP contribution is -2.33. The van der Waals surface area contributed by atoms with Gasteiger partial charge in [0.25, 0.3) is 0 Å². The molecule has 3 aromatic rings. The van der Waals surface area contributed by atoms with Crippen molar-refractivity contribution < 1.29 is 18.7 Å². The summed E-state index contributed by atoms with van der Waals surface area (Å²) < 4.78 is 19.6. The first-order valence-electron chi connectivity index (χ1n) is 11.6. The molecule has 35 heavy (non-hydrogen) atoms. The van der Waals surface area contributed by atoms with E-state index in [1.165, 1.54) is 41.4 Å². The first kappa shape index (κ1) is 24.6. The monoisotopic (exact) mass is 493 g/mol. The molecule has 1 atom stereocenters. The Kier molecular flexibility index (Phi) is 7.92. The lowest BCUT2D eigenvalue weighted by atomic mass is 10.0. The number of hydrogen-bond acceptors (Lipinski definition) is 5. The van der Waals surface area contributed by atoms with Crippen molar-refractivity contribution >= 4 is 40.0 Å². The summed E-state index contributed by atoms with van der Waals surface area (Å²) in [6.07, 6.45) is 7.20. The Hall–Kier alpha value is -3.52. The molecule has 8 heteroatoms. The van der Waals surface area contributed by atoms with Crippen LogP contribution in [0.25, 0.3) is 6.08 Å². The SMILES string of the molecule is COc1ccc([C@H]2CCCCCN2C(=O)/C=C/c2csc(N(C(C)=O)c3ccccc3F)n2)cc1. The van der Waals surface area contributed by atoms with Crippen molar-refractivity contribution in [2.45, 2.75) is 38.6 Å². The van der Waals surface area contributed by atoms with E-state index in [4.69, 9.17) is 4.74 Å². The average Bonchev–Trinajstić information content (AvgIpc) is 3.18. The zero-order chi connectivity index (χ0) is 24.8. The largest absolute Gasteiger partial charge is 0.497 e. The second-order valence-corrected chi connectivity index (χ2v) is 9.20. The van der Waals surface area contributed by atoms with Gasteiger partial charge in [-0.3, -0.25) is 14.5 Å². The number of thiazole rings is 1. The van der Waals surface area contributed by atoms with Crippen molar-refractivity contribution in [2.24, 2.45) is 0 Å². The molecule has 0 bridgehead atoms.